The number of benzene rings is 1. The van der Waals surface area contributed by atoms with Gasteiger partial charge in [-0.25, -0.2) is 19.2 Å². The summed E-state index contributed by atoms with van der Waals surface area (Å²) in [5, 5.41) is 8.83. The van der Waals surface area contributed by atoms with E-state index in [0.717, 1.165) is 10.9 Å². The molecule has 0 amide bonds. The Morgan fingerprint density at radius 3 is 2.71 bits per heavy atom. The predicted molar refractivity (Wildman–Crippen MR) is 70.8 cm³/mol. The minimum Gasteiger partial charge on any atom is -0.236 e. The molecular formula is C13H8F2N6. The Morgan fingerprint density at radius 1 is 1.05 bits per heavy atom. The van der Waals surface area contributed by atoms with Crippen molar-refractivity contribution in [3.05, 3.63) is 42.9 Å². The standard InChI is InChI=1S/C13H8F2N6/c14-13(15)20-6-5-10(18-20)11-17-12-8-3-1-2-4-9(8)16-7-21(12)19-11/h1-7,13H. The molecule has 0 N–H and O–H groups in total. The molecule has 0 bridgehead atoms. The van der Waals surface area contributed by atoms with Gasteiger partial charge < -0.3 is 0 Å². The minimum atomic E-state index is -2.68. The zero-order valence-corrected chi connectivity index (χ0v) is 10.6. The number of fused-ring (bicyclic) bond motifs is 3. The third-order valence-corrected chi connectivity index (χ3v) is 3.12. The van der Waals surface area contributed by atoms with Crippen LogP contribution in [0, 0.1) is 0 Å². The first-order chi connectivity index (χ1) is 10.2. The van der Waals surface area contributed by atoms with Gasteiger partial charge in [0.2, 0.25) is 5.82 Å². The molecular weight excluding hydrogens is 278 g/mol. The van der Waals surface area contributed by atoms with Crippen LogP contribution in [0.4, 0.5) is 8.78 Å². The summed E-state index contributed by atoms with van der Waals surface area (Å²) < 4.78 is 27.2. The van der Waals surface area contributed by atoms with Crippen LogP contribution in [0.5, 0.6) is 0 Å². The zero-order valence-electron chi connectivity index (χ0n) is 10.6. The van der Waals surface area contributed by atoms with Crippen LogP contribution in [-0.2, 0) is 0 Å². The summed E-state index contributed by atoms with van der Waals surface area (Å²) in [7, 11) is 0. The van der Waals surface area contributed by atoms with Gasteiger partial charge >= 0.3 is 6.55 Å². The number of nitrogens with zero attached hydrogens (tertiary/aromatic N) is 6. The molecule has 4 aromatic rings. The number of hydrogen-bond acceptors (Lipinski definition) is 4. The van der Waals surface area contributed by atoms with Crippen molar-refractivity contribution in [2.45, 2.75) is 6.55 Å². The molecule has 0 saturated carbocycles. The number of alkyl halides is 2. The van der Waals surface area contributed by atoms with Crippen molar-refractivity contribution in [1.82, 2.24) is 29.4 Å². The van der Waals surface area contributed by atoms with E-state index in [0.29, 0.717) is 16.0 Å². The molecule has 8 heteroatoms. The summed E-state index contributed by atoms with van der Waals surface area (Å²) >= 11 is 0. The van der Waals surface area contributed by atoms with E-state index in [1.54, 1.807) is 0 Å². The van der Waals surface area contributed by atoms with Crippen molar-refractivity contribution >= 4 is 16.6 Å². The van der Waals surface area contributed by atoms with E-state index in [1.807, 2.05) is 24.3 Å². The van der Waals surface area contributed by atoms with Gasteiger partial charge in [0.25, 0.3) is 0 Å². The Balaban J connectivity index is 1.91. The average Bonchev–Trinajstić information content (AvgIpc) is 3.13. The van der Waals surface area contributed by atoms with Gasteiger partial charge in [-0.05, 0) is 18.2 Å². The molecule has 0 unspecified atom stereocenters. The average molecular weight is 286 g/mol. The molecule has 0 saturated heterocycles. The van der Waals surface area contributed by atoms with Crippen LogP contribution in [0.3, 0.4) is 0 Å². The van der Waals surface area contributed by atoms with E-state index in [1.165, 1.54) is 23.1 Å². The van der Waals surface area contributed by atoms with Crippen LogP contribution in [0.2, 0.25) is 0 Å². The highest BCUT2D eigenvalue weighted by Crippen LogP contribution is 2.20. The highest BCUT2D eigenvalue weighted by Gasteiger charge is 2.14. The summed E-state index contributed by atoms with van der Waals surface area (Å²) in [5.74, 6) is 0.285. The van der Waals surface area contributed by atoms with Gasteiger partial charge in [-0.3, -0.25) is 0 Å². The van der Waals surface area contributed by atoms with Crippen molar-refractivity contribution in [3.63, 3.8) is 0 Å². The lowest BCUT2D eigenvalue weighted by Crippen LogP contribution is -1.98. The molecule has 21 heavy (non-hydrogen) atoms. The van der Waals surface area contributed by atoms with Crippen molar-refractivity contribution < 1.29 is 8.78 Å². The second-order valence-corrected chi connectivity index (χ2v) is 4.42. The molecule has 4 rings (SSSR count). The number of hydrogen-bond donors (Lipinski definition) is 0. The highest BCUT2D eigenvalue weighted by molar-refractivity contribution is 5.91. The quantitative estimate of drug-likeness (QED) is 0.568. The number of rotatable bonds is 2. The minimum absolute atomic E-state index is 0.285. The molecule has 0 radical (unpaired) electrons. The molecule has 0 atom stereocenters. The maximum atomic E-state index is 12.6. The summed E-state index contributed by atoms with van der Waals surface area (Å²) in [4.78, 5) is 8.64. The first kappa shape index (κ1) is 11.9. The SMILES string of the molecule is FC(F)n1ccc(-c2nc3c4ccccc4ncn3n2)n1. The molecule has 0 spiro atoms. The first-order valence-electron chi connectivity index (χ1n) is 6.16. The Morgan fingerprint density at radius 2 is 1.90 bits per heavy atom. The fourth-order valence-electron chi connectivity index (χ4n) is 2.15. The summed E-state index contributed by atoms with van der Waals surface area (Å²) in [6, 6.07) is 8.97. The molecule has 6 nitrogen and oxygen atoms in total. The summed E-state index contributed by atoms with van der Waals surface area (Å²) in [6.45, 7) is -2.68. The normalized spacial score (nSPS) is 11.8. The van der Waals surface area contributed by atoms with E-state index in [4.69, 9.17) is 0 Å². The second kappa shape index (κ2) is 4.30. The molecule has 0 aliphatic rings. The van der Waals surface area contributed by atoms with Crippen LogP contribution in [0.25, 0.3) is 28.1 Å². The van der Waals surface area contributed by atoms with Crippen LogP contribution < -0.4 is 0 Å². The fourth-order valence-corrected chi connectivity index (χ4v) is 2.15. The van der Waals surface area contributed by atoms with Crippen molar-refractivity contribution in [2.24, 2.45) is 0 Å². The lowest BCUT2D eigenvalue weighted by molar-refractivity contribution is 0.0568. The van der Waals surface area contributed by atoms with Gasteiger partial charge in [-0.1, -0.05) is 12.1 Å². The van der Waals surface area contributed by atoms with Crippen molar-refractivity contribution in [3.8, 4) is 11.5 Å². The van der Waals surface area contributed by atoms with Gasteiger partial charge in [0.05, 0.1) is 5.52 Å². The molecule has 104 valence electrons. The maximum absolute atomic E-state index is 12.6. The molecule has 3 aromatic heterocycles. The lowest BCUT2D eigenvalue weighted by atomic mass is 10.2. The van der Waals surface area contributed by atoms with Crippen LogP contribution in [-0.4, -0.2) is 29.4 Å². The fraction of sp³-hybridized carbons (Fsp3) is 0.0769. The largest absolute Gasteiger partial charge is 0.333 e. The summed E-state index contributed by atoms with van der Waals surface area (Å²) in [5.41, 5.74) is 1.70. The molecule has 0 fully saturated rings. The van der Waals surface area contributed by atoms with Gasteiger partial charge in [0, 0.05) is 11.6 Å². The molecule has 0 aliphatic carbocycles. The summed E-state index contributed by atoms with van der Waals surface area (Å²) in [6.07, 6.45) is 2.74. The smallest absolute Gasteiger partial charge is 0.236 e. The Hall–Kier alpha value is -2.90. The number of halogens is 2. The van der Waals surface area contributed by atoms with E-state index in [9.17, 15) is 8.78 Å². The molecule has 0 aliphatic heterocycles. The van der Waals surface area contributed by atoms with Crippen molar-refractivity contribution in [2.75, 3.05) is 0 Å². The van der Waals surface area contributed by atoms with E-state index in [2.05, 4.69) is 20.2 Å². The first-order valence-corrected chi connectivity index (χ1v) is 6.16. The predicted octanol–water partition coefficient (Wildman–Crippen LogP) is 2.54. The lowest BCUT2D eigenvalue weighted by Gasteiger charge is -1.96. The number of aromatic nitrogens is 6. The monoisotopic (exact) mass is 286 g/mol. The molecule has 1 aromatic carbocycles. The Labute approximate surface area is 116 Å². The topological polar surface area (TPSA) is 60.9 Å². The van der Waals surface area contributed by atoms with E-state index in [-0.39, 0.29) is 5.82 Å². The Kier molecular flexibility index (Phi) is 2.44. The van der Waals surface area contributed by atoms with Crippen molar-refractivity contribution in [1.29, 1.82) is 0 Å². The van der Waals surface area contributed by atoms with Gasteiger partial charge in [-0.2, -0.15) is 13.9 Å². The molecule has 3 heterocycles. The van der Waals surface area contributed by atoms with E-state index >= 15 is 0 Å². The second-order valence-electron chi connectivity index (χ2n) is 4.42. The van der Waals surface area contributed by atoms with Crippen LogP contribution in [0.15, 0.2) is 42.9 Å². The third-order valence-electron chi connectivity index (χ3n) is 3.12. The van der Waals surface area contributed by atoms with Gasteiger partial charge in [-0.15, -0.1) is 5.10 Å². The van der Waals surface area contributed by atoms with Gasteiger partial charge in [0.15, 0.2) is 5.65 Å². The van der Waals surface area contributed by atoms with Crippen LogP contribution >= 0.6 is 0 Å². The Bertz CT molecular complexity index is 942. The van der Waals surface area contributed by atoms with Gasteiger partial charge in [0.1, 0.15) is 12.0 Å². The van der Waals surface area contributed by atoms with E-state index < -0.39 is 6.55 Å². The zero-order chi connectivity index (χ0) is 14.4. The maximum Gasteiger partial charge on any atom is 0.333 e. The third kappa shape index (κ3) is 1.83. The highest BCUT2D eigenvalue weighted by atomic mass is 19.3. The van der Waals surface area contributed by atoms with Crippen LogP contribution in [0.1, 0.15) is 6.55 Å². The number of para-hydroxylation sites is 1.